The Hall–Kier alpha value is -5.23. The van der Waals surface area contributed by atoms with Gasteiger partial charge in [-0.2, -0.15) is 0 Å². The third kappa shape index (κ3) is 4.21. The highest BCUT2D eigenvalue weighted by molar-refractivity contribution is 7.26. The molecule has 9 aromatic rings. The maximum absolute atomic E-state index is 5.12. The van der Waals surface area contributed by atoms with Crippen molar-refractivity contribution in [1.82, 2.24) is 15.0 Å². The molecule has 0 atom stereocenters. The molecule has 0 aliphatic carbocycles. The third-order valence-corrected chi connectivity index (χ3v) is 10.5. The minimum absolute atomic E-state index is 0.671. The second-order valence-corrected chi connectivity index (χ2v) is 13.0. The van der Waals surface area contributed by atoms with Crippen LogP contribution in [0.5, 0.6) is 0 Å². The summed E-state index contributed by atoms with van der Waals surface area (Å²) in [7, 11) is 0. The molecule has 0 aliphatic rings. The zero-order valence-electron chi connectivity index (χ0n) is 23.4. The summed E-state index contributed by atoms with van der Waals surface area (Å²) in [5, 5.41) is 6.17. The standard InChI is InChI=1S/C39H23N3S2/c1-3-12-28-24(9-1)11-7-14-29(28)25-19-21-26(22-20-25)37-40-38(42-39(41-37)35-23-27-10-2-5-17-33(27)43-35)32-16-8-15-31-30-13-4-6-18-34(30)44-36(31)32/h1-23H. The number of benzene rings is 6. The van der Waals surface area contributed by atoms with Gasteiger partial charge in [0.05, 0.1) is 4.88 Å². The molecule has 0 bridgehead atoms. The molecule has 0 amide bonds. The van der Waals surface area contributed by atoms with Gasteiger partial charge in [0.2, 0.25) is 0 Å². The van der Waals surface area contributed by atoms with Crippen LogP contribution in [0.2, 0.25) is 0 Å². The fourth-order valence-corrected chi connectivity index (χ4v) is 8.24. The van der Waals surface area contributed by atoms with Gasteiger partial charge in [0.25, 0.3) is 0 Å². The summed E-state index contributed by atoms with van der Waals surface area (Å²) in [6.45, 7) is 0. The van der Waals surface area contributed by atoms with Gasteiger partial charge in [-0.05, 0) is 51.6 Å². The molecule has 3 heterocycles. The predicted octanol–water partition coefficient (Wildman–Crippen LogP) is 11.3. The van der Waals surface area contributed by atoms with Crippen molar-refractivity contribution in [2.24, 2.45) is 0 Å². The van der Waals surface area contributed by atoms with Crippen LogP contribution >= 0.6 is 22.7 Å². The van der Waals surface area contributed by atoms with Gasteiger partial charge in [-0.3, -0.25) is 0 Å². The summed E-state index contributed by atoms with van der Waals surface area (Å²) >= 11 is 3.51. The number of rotatable bonds is 4. The van der Waals surface area contributed by atoms with Gasteiger partial charge < -0.3 is 0 Å². The highest BCUT2D eigenvalue weighted by atomic mass is 32.1. The van der Waals surface area contributed by atoms with E-state index in [2.05, 4.69) is 140 Å². The summed E-state index contributed by atoms with van der Waals surface area (Å²) in [6.07, 6.45) is 0. The van der Waals surface area contributed by atoms with E-state index in [1.165, 1.54) is 52.2 Å². The van der Waals surface area contributed by atoms with Crippen LogP contribution in [0.1, 0.15) is 0 Å². The first-order valence-corrected chi connectivity index (χ1v) is 16.2. The molecule has 0 saturated heterocycles. The third-order valence-electron chi connectivity index (χ3n) is 8.17. The first-order valence-electron chi connectivity index (χ1n) is 14.5. The average molecular weight is 598 g/mol. The van der Waals surface area contributed by atoms with Crippen LogP contribution in [0, 0.1) is 0 Å². The molecule has 5 heteroatoms. The van der Waals surface area contributed by atoms with Crippen molar-refractivity contribution >= 4 is 63.7 Å². The quantitative estimate of drug-likeness (QED) is 0.203. The monoisotopic (exact) mass is 597 g/mol. The Kier molecular flexibility index (Phi) is 5.86. The van der Waals surface area contributed by atoms with E-state index in [1.807, 2.05) is 0 Å². The highest BCUT2D eigenvalue weighted by Gasteiger charge is 2.18. The summed E-state index contributed by atoms with van der Waals surface area (Å²) in [4.78, 5) is 16.3. The lowest BCUT2D eigenvalue weighted by molar-refractivity contribution is 1.08. The van der Waals surface area contributed by atoms with Crippen LogP contribution in [0.3, 0.4) is 0 Å². The van der Waals surface area contributed by atoms with Gasteiger partial charge in [-0.15, -0.1) is 22.7 Å². The summed E-state index contributed by atoms with van der Waals surface area (Å²) in [5.41, 5.74) is 4.37. The molecule has 3 nitrogen and oxygen atoms in total. The van der Waals surface area contributed by atoms with Crippen molar-refractivity contribution in [1.29, 1.82) is 0 Å². The van der Waals surface area contributed by atoms with E-state index in [0.29, 0.717) is 17.5 Å². The molecule has 44 heavy (non-hydrogen) atoms. The van der Waals surface area contributed by atoms with E-state index in [9.17, 15) is 0 Å². The highest BCUT2D eigenvalue weighted by Crippen LogP contribution is 2.40. The predicted molar refractivity (Wildman–Crippen MR) is 187 cm³/mol. The molecule has 9 rings (SSSR count). The summed E-state index contributed by atoms with van der Waals surface area (Å²) in [5.74, 6) is 2.06. The van der Waals surface area contributed by atoms with Gasteiger partial charge in [-0.25, -0.2) is 15.0 Å². The Morgan fingerprint density at radius 2 is 1.00 bits per heavy atom. The maximum atomic E-state index is 5.12. The lowest BCUT2D eigenvalue weighted by Crippen LogP contribution is -1.99. The summed E-state index contributed by atoms with van der Waals surface area (Å²) in [6, 6.07) is 49.2. The fourth-order valence-electron chi connectivity index (χ4n) is 6.03. The van der Waals surface area contributed by atoms with Gasteiger partial charge in [-0.1, -0.05) is 115 Å². The van der Waals surface area contributed by atoms with Gasteiger partial charge in [0.15, 0.2) is 17.5 Å². The molecular weight excluding hydrogens is 575 g/mol. The van der Waals surface area contributed by atoms with E-state index < -0.39 is 0 Å². The number of nitrogens with zero attached hydrogens (tertiary/aromatic N) is 3. The molecule has 0 unspecified atom stereocenters. The minimum atomic E-state index is 0.671. The average Bonchev–Trinajstić information content (AvgIpc) is 3.70. The minimum Gasteiger partial charge on any atom is -0.208 e. The van der Waals surface area contributed by atoms with Crippen LogP contribution in [0.25, 0.3) is 85.6 Å². The number of hydrogen-bond acceptors (Lipinski definition) is 5. The number of fused-ring (bicyclic) bond motifs is 5. The van der Waals surface area contributed by atoms with E-state index in [0.717, 1.165) is 16.0 Å². The van der Waals surface area contributed by atoms with Crippen LogP contribution in [-0.4, -0.2) is 15.0 Å². The molecule has 3 aromatic heterocycles. The van der Waals surface area contributed by atoms with E-state index >= 15 is 0 Å². The normalized spacial score (nSPS) is 11.6. The Morgan fingerprint density at radius 1 is 0.386 bits per heavy atom. The van der Waals surface area contributed by atoms with Crippen LogP contribution < -0.4 is 0 Å². The maximum Gasteiger partial charge on any atom is 0.174 e. The molecule has 0 saturated carbocycles. The van der Waals surface area contributed by atoms with Crippen LogP contribution in [0.4, 0.5) is 0 Å². The topological polar surface area (TPSA) is 38.7 Å². The molecule has 6 aromatic carbocycles. The molecule has 0 spiro atoms. The van der Waals surface area contributed by atoms with Gasteiger partial charge in [0.1, 0.15) is 0 Å². The lowest BCUT2D eigenvalue weighted by atomic mass is 9.97. The smallest absolute Gasteiger partial charge is 0.174 e. The zero-order valence-corrected chi connectivity index (χ0v) is 25.1. The molecular formula is C39H23N3S2. The van der Waals surface area contributed by atoms with E-state index in [1.54, 1.807) is 22.7 Å². The molecule has 0 radical (unpaired) electrons. The first-order chi connectivity index (χ1) is 21.8. The molecule has 0 N–H and O–H groups in total. The SMILES string of the molecule is c1ccc2sc(-c3nc(-c4ccc(-c5cccc6ccccc56)cc4)nc(-c4cccc5c4sc4ccccc45)n3)cc2c1. The fraction of sp³-hybridized carbons (Fsp3) is 0. The van der Waals surface area contributed by atoms with Crippen molar-refractivity contribution in [3.8, 4) is 44.6 Å². The molecule has 0 fully saturated rings. The molecule has 0 aliphatic heterocycles. The van der Waals surface area contributed by atoms with Crippen LogP contribution in [0.15, 0.2) is 140 Å². The zero-order chi connectivity index (χ0) is 29.0. The van der Waals surface area contributed by atoms with Crippen molar-refractivity contribution in [3.05, 3.63) is 140 Å². The second-order valence-electron chi connectivity index (χ2n) is 10.8. The van der Waals surface area contributed by atoms with Crippen molar-refractivity contribution in [2.75, 3.05) is 0 Å². The van der Waals surface area contributed by atoms with Crippen molar-refractivity contribution in [3.63, 3.8) is 0 Å². The van der Waals surface area contributed by atoms with E-state index in [-0.39, 0.29) is 0 Å². The Bertz CT molecular complexity index is 2470. The van der Waals surface area contributed by atoms with Gasteiger partial charge >= 0.3 is 0 Å². The Labute approximate surface area is 261 Å². The number of hydrogen-bond donors (Lipinski definition) is 0. The van der Waals surface area contributed by atoms with Gasteiger partial charge in [0, 0.05) is 36.0 Å². The molecule has 206 valence electrons. The largest absolute Gasteiger partial charge is 0.208 e. The number of aromatic nitrogens is 3. The Balaban J connectivity index is 1.22. The Morgan fingerprint density at radius 3 is 1.86 bits per heavy atom. The number of thiophene rings is 2. The summed E-state index contributed by atoms with van der Waals surface area (Å²) < 4.78 is 3.68. The second kappa shape index (κ2) is 10.2. The van der Waals surface area contributed by atoms with Crippen molar-refractivity contribution in [2.45, 2.75) is 0 Å². The first kappa shape index (κ1) is 25.3. The lowest BCUT2D eigenvalue weighted by Gasteiger charge is -2.10. The van der Waals surface area contributed by atoms with Crippen molar-refractivity contribution < 1.29 is 0 Å². The van der Waals surface area contributed by atoms with Crippen LogP contribution in [-0.2, 0) is 0 Å². The van der Waals surface area contributed by atoms with E-state index in [4.69, 9.17) is 15.0 Å².